The van der Waals surface area contributed by atoms with Crippen molar-refractivity contribution in [2.45, 2.75) is 20.3 Å². The van der Waals surface area contributed by atoms with Crippen LogP contribution >= 0.6 is 11.6 Å². The number of halogens is 1. The number of aryl methyl sites for hydroxylation is 1. The summed E-state index contributed by atoms with van der Waals surface area (Å²) >= 11 is 6.12. The molecule has 0 saturated carbocycles. The minimum Gasteiger partial charge on any atom is -0.466 e. The van der Waals surface area contributed by atoms with Crippen LogP contribution < -0.4 is 0 Å². The Labute approximate surface area is 150 Å². The van der Waals surface area contributed by atoms with Crippen LogP contribution in [0.1, 0.15) is 18.2 Å². The van der Waals surface area contributed by atoms with Crippen molar-refractivity contribution in [3.8, 4) is 0 Å². The van der Waals surface area contributed by atoms with Crippen LogP contribution in [0, 0.1) is 6.92 Å². The zero-order valence-corrected chi connectivity index (χ0v) is 14.7. The van der Waals surface area contributed by atoms with E-state index < -0.39 is 0 Å². The monoisotopic (exact) mass is 356 g/mol. The molecule has 6 nitrogen and oxygen atoms in total. The minimum atomic E-state index is -0.350. The molecule has 3 aromatic rings. The van der Waals surface area contributed by atoms with Crippen molar-refractivity contribution in [2.75, 3.05) is 6.61 Å². The number of hydrogen-bond donors (Lipinski definition) is 0. The average molecular weight is 357 g/mol. The van der Waals surface area contributed by atoms with Crippen LogP contribution in [0.2, 0.25) is 5.02 Å². The highest BCUT2D eigenvalue weighted by Crippen LogP contribution is 2.28. The lowest BCUT2D eigenvalue weighted by Gasteiger charge is -2.01. The van der Waals surface area contributed by atoms with Gasteiger partial charge in [0.05, 0.1) is 23.7 Å². The molecule has 25 heavy (non-hydrogen) atoms. The molecule has 1 aromatic carbocycles. The van der Waals surface area contributed by atoms with Crippen molar-refractivity contribution in [3.63, 3.8) is 0 Å². The van der Waals surface area contributed by atoms with Gasteiger partial charge in [0.2, 0.25) is 0 Å². The number of azo groups is 1. The zero-order chi connectivity index (χ0) is 17.8. The fourth-order valence-electron chi connectivity index (χ4n) is 2.39. The van der Waals surface area contributed by atoms with E-state index in [0.717, 1.165) is 5.56 Å². The lowest BCUT2D eigenvalue weighted by molar-refractivity contribution is -0.142. The molecule has 2 heterocycles. The van der Waals surface area contributed by atoms with E-state index in [2.05, 4.69) is 15.2 Å². The third-order valence-electron chi connectivity index (χ3n) is 3.53. The topological polar surface area (TPSA) is 68.3 Å². The molecule has 128 valence electrons. The van der Waals surface area contributed by atoms with Gasteiger partial charge < -0.3 is 4.74 Å². The molecule has 0 aliphatic rings. The van der Waals surface area contributed by atoms with Gasteiger partial charge >= 0.3 is 5.97 Å². The highest BCUT2D eigenvalue weighted by atomic mass is 35.5. The van der Waals surface area contributed by atoms with Crippen molar-refractivity contribution in [2.24, 2.45) is 10.2 Å². The molecule has 0 N–H and O–H groups in total. The van der Waals surface area contributed by atoms with Gasteiger partial charge in [-0.3, -0.25) is 9.20 Å². The summed E-state index contributed by atoms with van der Waals surface area (Å²) in [6.45, 7) is 4.06. The average Bonchev–Trinajstić information content (AvgIpc) is 2.91. The Balaban J connectivity index is 2.05. The Morgan fingerprint density at radius 1 is 1.24 bits per heavy atom. The van der Waals surface area contributed by atoms with Crippen LogP contribution in [0.4, 0.5) is 11.5 Å². The normalized spacial score (nSPS) is 11.3. The Kier molecular flexibility index (Phi) is 5.09. The predicted molar refractivity (Wildman–Crippen MR) is 95.9 cm³/mol. The van der Waals surface area contributed by atoms with Crippen molar-refractivity contribution < 1.29 is 9.53 Å². The maximum atomic E-state index is 11.9. The van der Waals surface area contributed by atoms with Gasteiger partial charge in [-0.2, -0.15) is 0 Å². The molecule has 0 spiro atoms. The number of ether oxygens (including phenoxy) is 1. The SMILES string of the molecule is CCOC(=O)Cc1nc2ccc(C)cn2c1N=Nc1ccccc1Cl. The summed E-state index contributed by atoms with van der Waals surface area (Å²) in [7, 11) is 0. The van der Waals surface area contributed by atoms with E-state index in [9.17, 15) is 4.79 Å². The number of esters is 1. The summed E-state index contributed by atoms with van der Waals surface area (Å²) in [5.41, 5.74) is 2.80. The summed E-state index contributed by atoms with van der Waals surface area (Å²) in [6, 6.07) is 11.0. The van der Waals surface area contributed by atoms with E-state index in [1.54, 1.807) is 19.1 Å². The van der Waals surface area contributed by atoms with Gasteiger partial charge in [0.15, 0.2) is 5.82 Å². The first-order valence-corrected chi connectivity index (χ1v) is 8.25. The minimum absolute atomic E-state index is 0.0332. The summed E-state index contributed by atoms with van der Waals surface area (Å²) in [5, 5.41) is 9.04. The number of aromatic nitrogens is 2. The number of carbonyl (C=O) groups excluding carboxylic acids is 1. The van der Waals surface area contributed by atoms with Crippen LogP contribution in [-0.2, 0) is 16.0 Å². The van der Waals surface area contributed by atoms with E-state index >= 15 is 0 Å². The molecule has 0 bridgehead atoms. The molecule has 7 heteroatoms. The van der Waals surface area contributed by atoms with Gasteiger partial charge in [-0.05, 0) is 37.6 Å². The fraction of sp³-hybridized carbons (Fsp3) is 0.222. The molecule has 0 fully saturated rings. The first kappa shape index (κ1) is 17.1. The van der Waals surface area contributed by atoms with Gasteiger partial charge in [-0.1, -0.05) is 29.8 Å². The highest BCUT2D eigenvalue weighted by molar-refractivity contribution is 6.32. The summed E-state index contributed by atoms with van der Waals surface area (Å²) < 4.78 is 6.83. The Morgan fingerprint density at radius 3 is 2.80 bits per heavy atom. The Bertz CT molecular complexity index is 949. The molecule has 0 radical (unpaired) electrons. The second-order valence-electron chi connectivity index (χ2n) is 5.45. The number of imidazole rings is 1. The lowest BCUT2D eigenvalue weighted by Crippen LogP contribution is -2.07. The van der Waals surface area contributed by atoms with Crippen molar-refractivity contribution in [1.82, 2.24) is 9.38 Å². The van der Waals surface area contributed by atoms with Crippen LogP contribution in [0.3, 0.4) is 0 Å². The van der Waals surface area contributed by atoms with E-state index in [0.29, 0.717) is 34.5 Å². The van der Waals surface area contributed by atoms with Gasteiger partial charge in [0.1, 0.15) is 11.3 Å². The Hall–Kier alpha value is -2.73. The zero-order valence-electron chi connectivity index (χ0n) is 13.9. The van der Waals surface area contributed by atoms with Crippen LogP contribution in [0.25, 0.3) is 5.65 Å². The third-order valence-corrected chi connectivity index (χ3v) is 3.85. The first-order chi connectivity index (χ1) is 12.1. The van der Waals surface area contributed by atoms with E-state index in [-0.39, 0.29) is 12.4 Å². The lowest BCUT2D eigenvalue weighted by atomic mass is 10.3. The molecule has 0 unspecified atom stereocenters. The summed E-state index contributed by atoms with van der Waals surface area (Å²) in [6.07, 6.45) is 1.93. The summed E-state index contributed by atoms with van der Waals surface area (Å²) in [5.74, 6) is 0.142. The number of rotatable bonds is 5. The fourth-order valence-corrected chi connectivity index (χ4v) is 2.57. The van der Waals surface area contributed by atoms with Gasteiger partial charge in [0.25, 0.3) is 0 Å². The molecule has 0 aliphatic carbocycles. The molecule has 0 amide bonds. The van der Waals surface area contributed by atoms with Crippen LogP contribution in [0.5, 0.6) is 0 Å². The standard InChI is InChI=1S/C18H17ClN4O2/c1-3-25-17(24)10-15-18(22-21-14-7-5-4-6-13(14)19)23-11-12(2)8-9-16(23)20-15/h4-9,11H,3,10H2,1-2H3. The maximum Gasteiger partial charge on any atom is 0.312 e. The number of nitrogens with zero attached hydrogens (tertiary/aromatic N) is 4. The van der Waals surface area contributed by atoms with E-state index in [1.807, 2.05) is 41.8 Å². The number of carbonyl (C=O) groups is 1. The maximum absolute atomic E-state index is 11.9. The van der Waals surface area contributed by atoms with Crippen molar-refractivity contribution in [1.29, 1.82) is 0 Å². The predicted octanol–water partition coefficient (Wildman–Crippen LogP) is 4.82. The van der Waals surface area contributed by atoms with Gasteiger partial charge in [-0.25, -0.2) is 4.98 Å². The van der Waals surface area contributed by atoms with Crippen molar-refractivity contribution in [3.05, 3.63) is 58.9 Å². The van der Waals surface area contributed by atoms with Crippen LogP contribution in [-0.4, -0.2) is 22.0 Å². The molecular formula is C18H17ClN4O2. The molecule has 2 aromatic heterocycles. The molecule has 3 rings (SSSR count). The number of benzene rings is 1. The van der Waals surface area contributed by atoms with Crippen LogP contribution in [0.15, 0.2) is 52.8 Å². The number of pyridine rings is 1. The second kappa shape index (κ2) is 7.44. The van der Waals surface area contributed by atoms with Crippen molar-refractivity contribution >= 4 is 34.7 Å². The van der Waals surface area contributed by atoms with Gasteiger partial charge in [-0.15, -0.1) is 10.2 Å². The molecule has 0 saturated heterocycles. The molecular weight excluding hydrogens is 340 g/mol. The molecule has 0 aliphatic heterocycles. The van der Waals surface area contributed by atoms with E-state index in [4.69, 9.17) is 16.3 Å². The van der Waals surface area contributed by atoms with Gasteiger partial charge in [0, 0.05) is 6.20 Å². The summed E-state index contributed by atoms with van der Waals surface area (Å²) in [4.78, 5) is 16.4. The third kappa shape index (κ3) is 3.85. The largest absolute Gasteiger partial charge is 0.466 e. The number of hydrogen-bond acceptors (Lipinski definition) is 5. The second-order valence-corrected chi connectivity index (χ2v) is 5.86. The highest BCUT2D eigenvalue weighted by Gasteiger charge is 2.16. The smallest absolute Gasteiger partial charge is 0.312 e. The Morgan fingerprint density at radius 2 is 2.04 bits per heavy atom. The first-order valence-electron chi connectivity index (χ1n) is 7.88. The quantitative estimate of drug-likeness (QED) is 0.486. The molecule has 0 atom stereocenters. The van der Waals surface area contributed by atoms with E-state index in [1.165, 1.54) is 0 Å². The number of fused-ring (bicyclic) bond motifs is 1.